The smallest absolute Gasteiger partial charge is 0.379 e. The first kappa shape index (κ1) is 20.1. The van der Waals surface area contributed by atoms with E-state index in [1.54, 1.807) is 0 Å². The second kappa shape index (κ2) is 12.4. The zero-order valence-electron chi connectivity index (χ0n) is 14.6. The Bertz CT molecular complexity index is 247. The van der Waals surface area contributed by atoms with Crippen LogP contribution in [0.4, 0.5) is 0 Å². The third-order valence-corrected chi connectivity index (χ3v) is 7.40. The van der Waals surface area contributed by atoms with Gasteiger partial charge >= 0.3 is 8.80 Å². The van der Waals surface area contributed by atoms with Gasteiger partial charge in [0.25, 0.3) is 0 Å². The van der Waals surface area contributed by atoms with E-state index in [-0.39, 0.29) is 0 Å². The number of hydrogen-bond donors (Lipinski definition) is 0. The van der Waals surface area contributed by atoms with Crippen LogP contribution in [0.3, 0.4) is 0 Å². The quantitative estimate of drug-likeness (QED) is 0.381. The highest BCUT2D eigenvalue weighted by molar-refractivity contribution is 6.62. The third-order valence-electron chi connectivity index (χ3n) is 3.92. The second-order valence-corrected chi connectivity index (χ2v) is 8.35. The number of rotatable bonds is 13. The highest BCUT2D eigenvalue weighted by Gasteiger charge is 2.49. The summed E-state index contributed by atoms with van der Waals surface area (Å²) in [5, 5.41) is 0. The van der Waals surface area contributed by atoms with E-state index in [0.29, 0.717) is 51.8 Å². The first-order valence-corrected chi connectivity index (χ1v) is 10.7. The Morgan fingerprint density at radius 3 is 1.68 bits per heavy atom. The van der Waals surface area contributed by atoms with Crippen molar-refractivity contribution >= 4 is 8.80 Å². The molecular formula is C16H34O5Si. The Morgan fingerprint density at radius 2 is 1.23 bits per heavy atom. The fraction of sp³-hybridized carbons (Fsp3) is 1.00. The molecule has 1 aliphatic rings. The molecule has 5 nitrogen and oxygen atoms in total. The van der Waals surface area contributed by atoms with Crippen molar-refractivity contribution in [1.82, 2.24) is 0 Å². The molecule has 0 aromatic rings. The van der Waals surface area contributed by atoms with Crippen LogP contribution in [-0.4, -0.2) is 55.1 Å². The van der Waals surface area contributed by atoms with Crippen molar-refractivity contribution in [3.8, 4) is 0 Å². The molecule has 0 aromatic heterocycles. The maximum Gasteiger partial charge on any atom is 0.504 e. The Kier molecular flexibility index (Phi) is 11.3. The van der Waals surface area contributed by atoms with Gasteiger partial charge in [0, 0.05) is 25.4 Å². The standard InChI is InChI=1S/C16H34O5Si/c1-4-17-12-14-20-22(19-6-3,21-15-13-18-5-2)16-10-8-7-9-11-16/h16H,4-15H2,1-3H3. The first-order valence-electron chi connectivity index (χ1n) is 8.86. The minimum atomic E-state index is -2.65. The fourth-order valence-electron chi connectivity index (χ4n) is 2.91. The summed E-state index contributed by atoms with van der Waals surface area (Å²) in [5.74, 6) is 0. The zero-order chi connectivity index (χ0) is 16.1. The molecule has 0 saturated heterocycles. The van der Waals surface area contributed by atoms with E-state index in [2.05, 4.69) is 0 Å². The van der Waals surface area contributed by atoms with Crippen LogP contribution < -0.4 is 0 Å². The van der Waals surface area contributed by atoms with Crippen molar-refractivity contribution in [3.05, 3.63) is 0 Å². The van der Waals surface area contributed by atoms with E-state index in [1.165, 1.54) is 19.3 Å². The summed E-state index contributed by atoms with van der Waals surface area (Å²) < 4.78 is 29.3. The molecule has 0 radical (unpaired) electrons. The van der Waals surface area contributed by atoms with Gasteiger partial charge in [0.2, 0.25) is 0 Å². The van der Waals surface area contributed by atoms with Crippen molar-refractivity contribution in [2.24, 2.45) is 0 Å². The average Bonchev–Trinajstić information content (AvgIpc) is 2.56. The molecular weight excluding hydrogens is 300 g/mol. The van der Waals surface area contributed by atoms with Crippen LogP contribution in [0, 0.1) is 0 Å². The molecule has 1 rings (SSSR count). The summed E-state index contributed by atoms with van der Waals surface area (Å²) >= 11 is 0. The molecule has 6 heteroatoms. The maximum absolute atomic E-state index is 6.21. The molecule has 1 aliphatic carbocycles. The van der Waals surface area contributed by atoms with E-state index in [0.717, 1.165) is 12.8 Å². The number of hydrogen-bond acceptors (Lipinski definition) is 5. The van der Waals surface area contributed by atoms with Gasteiger partial charge in [-0.2, -0.15) is 0 Å². The molecule has 22 heavy (non-hydrogen) atoms. The molecule has 0 aliphatic heterocycles. The second-order valence-electron chi connectivity index (χ2n) is 5.46. The van der Waals surface area contributed by atoms with E-state index in [1.807, 2.05) is 20.8 Å². The van der Waals surface area contributed by atoms with Gasteiger partial charge in [-0.05, 0) is 33.6 Å². The molecule has 0 unspecified atom stereocenters. The Morgan fingerprint density at radius 1 is 0.682 bits per heavy atom. The van der Waals surface area contributed by atoms with Crippen LogP contribution in [0.1, 0.15) is 52.9 Å². The molecule has 0 heterocycles. The van der Waals surface area contributed by atoms with Gasteiger partial charge in [0.15, 0.2) is 0 Å². The Labute approximate surface area is 137 Å². The van der Waals surface area contributed by atoms with Gasteiger partial charge in [0.05, 0.1) is 26.4 Å². The van der Waals surface area contributed by atoms with Gasteiger partial charge in [-0.25, -0.2) is 0 Å². The minimum absolute atomic E-state index is 0.421. The van der Waals surface area contributed by atoms with Crippen molar-refractivity contribution < 1.29 is 22.8 Å². The van der Waals surface area contributed by atoms with Gasteiger partial charge in [-0.15, -0.1) is 0 Å². The largest absolute Gasteiger partial charge is 0.504 e. The lowest BCUT2D eigenvalue weighted by atomic mass is 10.0. The topological polar surface area (TPSA) is 46.2 Å². The summed E-state index contributed by atoms with van der Waals surface area (Å²) in [4.78, 5) is 0. The Balaban J connectivity index is 2.62. The average molecular weight is 335 g/mol. The summed E-state index contributed by atoms with van der Waals surface area (Å²) in [6.45, 7) is 10.3. The molecule has 0 spiro atoms. The van der Waals surface area contributed by atoms with Gasteiger partial charge in [-0.3, -0.25) is 0 Å². The molecule has 1 fully saturated rings. The molecule has 0 N–H and O–H groups in total. The molecule has 0 bridgehead atoms. The summed E-state index contributed by atoms with van der Waals surface area (Å²) in [7, 11) is -2.65. The first-order chi connectivity index (χ1) is 10.8. The highest BCUT2D eigenvalue weighted by atomic mass is 28.4. The predicted octanol–water partition coefficient (Wildman–Crippen LogP) is 3.40. The molecule has 0 atom stereocenters. The lowest BCUT2D eigenvalue weighted by Crippen LogP contribution is -2.52. The normalized spacial score (nSPS) is 17.0. The van der Waals surface area contributed by atoms with E-state index < -0.39 is 8.80 Å². The van der Waals surface area contributed by atoms with Gasteiger partial charge < -0.3 is 22.8 Å². The summed E-state index contributed by atoms with van der Waals surface area (Å²) in [6, 6.07) is 0. The lowest BCUT2D eigenvalue weighted by Gasteiger charge is -2.37. The van der Waals surface area contributed by atoms with Crippen molar-refractivity contribution in [2.75, 3.05) is 46.2 Å². The van der Waals surface area contributed by atoms with Crippen LogP contribution in [-0.2, 0) is 22.8 Å². The fourth-order valence-corrected chi connectivity index (χ4v) is 6.12. The maximum atomic E-state index is 6.21. The Hall–Kier alpha value is 0.0169. The van der Waals surface area contributed by atoms with Crippen molar-refractivity contribution in [3.63, 3.8) is 0 Å². The molecule has 132 valence electrons. The van der Waals surface area contributed by atoms with E-state index in [4.69, 9.17) is 22.8 Å². The van der Waals surface area contributed by atoms with Crippen LogP contribution in [0.2, 0.25) is 5.54 Å². The molecule has 1 saturated carbocycles. The summed E-state index contributed by atoms with van der Waals surface area (Å²) in [6.07, 6.45) is 6.10. The van der Waals surface area contributed by atoms with Crippen LogP contribution in [0.15, 0.2) is 0 Å². The van der Waals surface area contributed by atoms with Crippen LogP contribution in [0.5, 0.6) is 0 Å². The number of ether oxygens (including phenoxy) is 2. The van der Waals surface area contributed by atoms with E-state index >= 15 is 0 Å². The third kappa shape index (κ3) is 7.06. The van der Waals surface area contributed by atoms with Gasteiger partial charge in [-0.1, -0.05) is 19.3 Å². The van der Waals surface area contributed by atoms with Crippen molar-refractivity contribution in [1.29, 1.82) is 0 Å². The van der Waals surface area contributed by atoms with Gasteiger partial charge in [0.1, 0.15) is 0 Å². The SMILES string of the molecule is CCOCCO[Si](OCC)(OCCOCC)C1CCCCC1. The lowest BCUT2D eigenvalue weighted by molar-refractivity contribution is 0.00871. The molecule has 0 aromatic carbocycles. The molecule has 0 amide bonds. The van der Waals surface area contributed by atoms with E-state index in [9.17, 15) is 0 Å². The minimum Gasteiger partial charge on any atom is -0.379 e. The highest BCUT2D eigenvalue weighted by Crippen LogP contribution is 2.38. The van der Waals surface area contributed by atoms with Crippen LogP contribution in [0.25, 0.3) is 0 Å². The monoisotopic (exact) mass is 334 g/mol. The predicted molar refractivity (Wildman–Crippen MR) is 89.1 cm³/mol. The van der Waals surface area contributed by atoms with Crippen LogP contribution >= 0.6 is 0 Å². The zero-order valence-corrected chi connectivity index (χ0v) is 15.6. The van der Waals surface area contributed by atoms with Crippen molar-refractivity contribution in [2.45, 2.75) is 58.4 Å². The summed E-state index contributed by atoms with van der Waals surface area (Å²) in [5.41, 5.74) is 0.421.